The fourth-order valence-electron chi connectivity index (χ4n) is 2.97. The van der Waals surface area contributed by atoms with Gasteiger partial charge in [0.05, 0.1) is 5.69 Å². The van der Waals surface area contributed by atoms with E-state index in [-0.39, 0.29) is 0 Å². The van der Waals surface area contributed by atoms with Crippen LogP contribution in [-0.4, -0.2) is 15.8 Å². The molecule has 22 heavy (non-hydrogen) atoms. The van der Waals surface area contributed by atoms with Crippen LogP contribution in [0.2, 0.25) is 0 Å². The van der Waals surface area contributed by atoms with Crippen molar-refractivity contribution in [3.05, 3.63) is 71.0 Å². The van der Waals surface area contributed by atoms with Gasteiger partial charge in [0.2, 0.25) is 0 Å². The van der Waals surface area contributed by atoms with E-state index in [2.05, 4.69) is 37.9 Å². The molecule has 1 aromatic heterocycles. The number of aldehydes is 1. The number of hydrogen-bond acceptors (Lipinski definition) is 2. The van der Waals surface area contributed by atoms with Gasteiger partial charge in [-0.2, -0.15) is 0 Å². The monoisotopic (exact) mass is 290 g/mol. The van der Waals surface area contributed by atoms with E-state index >= 15 is 0 Å². The molecule has 2 aromatic carbocycles. The average molecular weight is 290 g/mol. The molecule has 0 atom stereocenters. The zero-order chi connectivity index (χ0) is 15.7. The minimum Gasteiger partial charge on any atom is -0.299 e. The Bertz CT molecular complexity index is 809. The van der Waals surface area contributed by atoms with Crippen LogP contribution in [0.3, 0.4) is 0 Å². The van der Waals surface area contributed by atoms with Crippen LogP contribution >= 0.6 is 0 Å². The van der Waals surface area contributed by atoms with E-state index < -0.39 is 0 Å². The number of aromatic nitrogens is 2. The number of hydrogen-bond donors (Lipinski definition) is 0. The summed E-state index contributed by atoms with van der Waals surface area (Å²) in [6, 6.07) is 14.2. The van der Waals surface area contributed by atoms with Crippen LogP contribution in [0, 0.1) is 20.8 Å². The van der Waals surface area contributed by atoms with Crippen LogP contribution in [0.4, 0.5) is 0 Å². The quantitative estimate of drug-likeness (QED) is 0.675. The highest BCUT2D eigenvalue weighted by atomic mass is 16.1. The lowest BCUT2D eigenvalue weighted by Crippen LogP contribution is -2.02. The molecule has 110 valence electrons. The van der Waals surface area contributed by atoms with Crippen molar-refractivity contribution in [1.29, 1.82) is 0 Å². The number of rotatable bonds is 3. The van der Waals surface area contributed by atoms with E-state index in [9.17, 15) is 4.79 Å². The third-order valence-electron chi connectivity index (χ3n) is 3.75. The predicted octanol–water partition coefficient (Wildman–Crippen LogP) is 4.28. The van der Waals surface area contributed by atoms with Gasteiger partial charge in [0.15, 0.2) is 6.29 Å². The largest absolute Gasteiger partial charge is 0.299 e. The maximum absolute atomic E-state index is 11.2. The first kappa shape index (κ1) is 14.3. The summed E-state index contributed by atoms with van der Waals surface area (Å²) in [5.41, 5.74) is 6.10. The summed E-state index contributed by atoms with van der Waals surface area (Å²) in [7, 11) is 0. The third kappa shape index (κ3) is 2.46. The molecule has 1 heterocycles. The van der Waals surface area contributed by atoms with Crippen LogP contribution in [-0.2, 0) is 0 Å². The molecule has 0 amide bonds. The molecular weight excluding hydrogens is 272 g/mol. The Hall–Kier alpha value is -2.68. The zero-order valence-corrected chi connectivity index (χ0v) is 13.0. The number of nitrogens with zero attached hydrogens (tertiary/aromatic N) is 2. The highest BCUT2D eigenvalue weighted by molar-refractivity contribution is 5.75. The van der Waals surface area contributed by atoms with E-state index in [0.29, 0.717) is 5.69 Å². The van der Waals surface area contributed by atoms with E-state index in [1.54, 1.807) is 6.20 Å². The molecule has 0 unspecified atom stereocenters. The second-order valence-corrected chi connectivity index (χ2v) is 5.59. The summed E-state index contributed by atoms with van der Waals surface area (Å²) in [4.78, 5) is 15.7. The Morgan fingerprint density at radius 1 is 1.00 bits per heavy atom. The first-order valence-corrected chi connectivity index (χ1v) is 7.28. The molecule has 0 fully saturated rings. The Morgan fingerprint density at radius 3 is 2.23 bits per heavy atom. The van der Waals surface area contributed by atoms with Crippen molar-refractivity contribution in [1.82, 2.24) is 9.55 Å². The summed E-state index contributed by atoms with van der Waals surface area (Å²) in [6.07, 6.45) is 2.60. The molecule has 0 aliphatic carbocycles. The third-order valence-corrected chi connectivity index (χ3v) is 3.75. The summed E-state index contributed by atoms with van der Waals surface area (Å²) in [5.74, 6) is 0.790. The molecule has 3 rings (SSSR count). The Labute approximate surface area is 130 Å². The Balaban J connectivity index is 2.28. The van der Waals surface area contributed by atoms with Crippen LogP contribution in [0.25, 0.3) is 17.1 Å². The molecule has 0 radical (unpaired) electrons. The maximum Gasteiger partial charge on any atom is 0.170 e. The van der Waals surface area contributed by atoms with Crippen molar-refractivity contribution in [2.45, 2.75) is 20.8 Å². The second kappa shape index (κ2) is 5.60. The number of carbonyl (C=O) groups is 1. The van der Waals surface area contributed by atoms with Crippen molar-refractivity contribution >= 4 is 6.29 Å². The number of benzene rings is 2. The Morgan fingerprint density at radius 2 is 1.64 bits per heavy atom. The first-order chi connectivity index (χ1) is 10.6. The minimum atomic E-state index is 0.443. The van der Waals surface area contributed by atoms with Gasteiger partial charge < -0.3 is 0 Å². The van der Waals surface area contributed by atoms with Crippen molar-refractivity contribution in [3.63, 3.8) is 0 Å². The fraction of sp³-hybridized carbons (Fsp3) is 0.158. The predicted molar refractivity (Wildman–Crippen MR) is 88.6 cm³/mol. The molecule has 0 saturated carbocycles. The molecule has 0 aliphatic rings. The zero-order valence-electron chi connectivity index (χ0n) is 13.0. The summed E-state index contributed by atoms with van der Waals surface area (Å²) in [6.45, 7) is 6.27. The van der Waals surface area contributed by atoms with Crippen molar-refractivity contribution in [2.75, 3.05) is 0 Å². The average Bonchev–Trinajstić information content (AvgIpc) is 2.91. The van der Waals surface area contributed by atoms with E-state index in [4.69, 9.17) is 0 Å². The van der Waals surface area contributed by atoms with Gasteiger partial charge in [0.1, 0.15) is 11.5 Å². The molecule has 3 aromatic rings. The summed E-state index contributed by atoms with van der Waals surface area (Å²) >= 11 is 0. The van der Waals surface area contributed by atoms with Gasteiger partial charge in [0.25, 0.3) is 0 Å². The first-order valence-electron chi connectivity index (χ1n) is 7.28. The van der Waals surface area contributed by atoms with Crippen LogP contribution < -0.4 is 0 Å². The van der Waals surface area contributed by atoms with Crippen molar-refractivity contribution in [3.8, 4) is 17.1 Å². The van der Waals surface area contributed by atoms with E-state index in [1.165, 1.54) is 16.7 Å². The van der Waals surface area contributed by atoms with Gasteiger partial charge in [-0.05, 0) is 31.9 Å². The second-order valence-electron chi connectivity index (χ2n) is 5.59. The van der Waals surface area contributed by atoms with Gasteiger partial charge in [-0.25, -0.2) is 4.98 Å². The molecule has 3 heteroatoms. The number of imidazole rings is 1. The van der Waals surface area contributed by atoms with Crippen LogP contribution in [0.15, 0.2) is 48.7 Å². The topological polar surface area (TPSA) is 34.9 Å². The molecule has 0 N–H and O–H groups in total. The van der Waals surface area contributed by atoms with Gasteiger partial charge in [-0.1, -0.05) is 48.0 Å². The normalized spacial score (nSPS) is 10.7. The molecule has 0 spiro atoms. The van der Waals surface area contributed by atoms with Gasteiger partial charge in [-0.15, -0.1) is 0 Å². The molecular formula is C19H18N2O. The highest BCUT2D eigenvalue weighted by Crippen LogP contribution is 2.27. The summed E-state index contributed by atoms with van der Waals surface area (Å²) < 4.78 is 2.02. The maximum atomic E-state index is 11.2. The number of aryl methyl sites for hydroxylation is 3. The highest BCUT2D eigenvalue weighted by Gasteiger charge is 2.14. The lowest BCUT2D eigenvalue weighted by molar-refractivity contribution is 0.111. The van der Waals surface area contributed by atoms with Crippen molar-refractivity contribution in [2.24, 2.45) is 0 Å². The van der Waals surface area contributed by atoms with Crippen molar-refractivity contribution < 1.29 is 4.79 Å². The molecule has 0 bridgehead atoms. The standard InChI is InChI=1S/C19H18N2O/c1-13-9-14(2)18(15(3)10-13)21-11-17(12-22)20-19(21)16-7-5-4-6-8-16/h4-12H,1-3H3. The van der Waals surface area contributed by atoms with Gasteiger partial charge in [-0.3, -0.25) is 9.36 Å². The SMILES string of the molecule is Cc1cc(C)c(-n2cc(C=O)nc2-c2ccccc2)c(C)c1. The van der Waals surface area contributed by atoms with Gasteiger partial charge >= 0.3 is 0 Å². The lowest BCUT2D eigenvalue weighted by Gasteiger charge is -2.15. The lowest BCUT2D eigenvalue weighted by atomic mass is 10.0. The summed E-state index contributed by atoms with van der Waals surface area (Å²) in [5, 5.41) is 0. The molecule has 3 nitrogen and oxygen atoms in total. The fourth-order valence-corrected chi connectivity index (χ4v) is 2.97. The van der Waals surface area contributed by atoms with Crippen LogP contribution in [0.5, 0.6) is 0 Å². The van der Waals surface area contributed by atoms with Crippen LogP contribution in [0.1, 0.15) is 27.2 Å². The van der Waals surface area contributed by atoms with Gasteiger partial charge in [0, 0.05) is 11.8 Å². The van der Waals surface area contributed by atoms with E-state index in [1.807, 2.05) is 34.9 Å². The Kier molecular flexibility index (Phi) is 3.63. The molecule has 0 saturated heterocycles. The van der Waals surface area contributed by atoms with E-state index in [0.717, 1.165) is 23.4 Å². The number of carbonyl (C=O) groups excluding carboxylic acids is 1. The minimum absolute atomic E-state index is 0.443. The smallest absolute Gasteiger partial charge is 0.170 e. The molecule has 0 aliphatic heterocycles.